The molecule has 132 valence electrons. The van der Waals surface area contributed by atoms with Crippen molar-refractivity contribution in [3.8, 4) is 0 Å². The Morgan fingerprint density at radius 1 is 0.731 bits per heavy atom. The number of aromatic nitrogens is 1. The van der Waals surface area contributed by atoms with Crippen LogP contribution in [0.3, 0.4) is 0 Å². The minimum atomic E-state index is 0.249. The largest absolute Gasteiger partial charge is 0.354 e. The number of nitrogens with zero attached hydrogens (tertiary/aromatic N) is 3. The van der Waals surface area contributed by atoms with E-state index < -0.39 is 0 Å². The number of rotatable bonds is 4. The highest BCUT2D eigenvalue weighted by Gasteiger charge is 2.26. The zero-order valence-corrected chi connectivity index (χ0v) is 15.4. The van der Waals surface area contributed by atoms with Crippen LogP contribution in [-0.4, -0.2) is 36.1 Å². The van der Waals surface area contributed by atoms with Crippen LogP contribution in [0, 0.1) is 0 Å². The van der Waals surface area contributed by atoms with Crippen LogP contribution in [0.2, 0.25) is 5.02 Å². The molecule has 0 bridgehead atoms. The summed E-state index contributed by atoms with van der Waals surface area (Å²) in [7, 11) is 0. The monoisotopic (exact) mass is 363 g/mol. The lowest BCUT2D eigenvalue weighted by Gasteiger charge is -2.40. The predicted molar refractivity (Wildman–Crippen MR) is 108 cm³/mol. The molecular formula is C22H22ClN3. The van der Waals surface area contributed by atoms with Gasteiger partial charge >= 0.3 is 0 Å². The molecule has 0 spiro atoms. The average molecular weight is 364 g/mol. The third-order valence-corrected chi connectivity index (χ3v) is 5.21. The highest BCUT2D eigenvalue weighted by molar-refractivity contribution is 6.30. The van der Waals surface area contributed by atoms with Crippen molar-refractivity contribution >= 4 is 17.4 Å². The number of halogens is 1. The zero-order valence-electron chi connectivity index (χ0n) is 14.6. The Kier molecular flexibility index (Phi) is 5.19. The average Bonchev–Trinajstić information content (AvgIpc) is 2.72. The molecule has 4 heteroatoms. The topological polar surface area (TPSA) is 19.4 Å². The minimum Gasteiger partial charge on any atom is -0.354 e. The highest BCUT2D eigenvalue weighted by atomic mass is 35.5. The Hall–Kier alpha value is -2.36. The van der Waals surface area contributed by atoms with E-state index in [0.29, 0.717) is 0 Å². The number of anilines is 1. The third kappa shape index (κ3) is 3.74. The molecule has 1 aromatic heterocycles. The van der Waals surface area contributed by atoms with E-state index in [-0.39, 0.29) is 6.04 Å². The molecule has 2 heterocycles. The Labute approximate surface area is 159 Å². The molecule has 1 aliphatic rings. The van der Waals surface area contributed by atoms with Crippen LogP contribution < -0.4 is 4.90 Å². The van der Waals surface area contributed by atoms with Crippen molar-refractivity contribution in [2.45, 2.75) is 6.04 Å². The molecule has 0 radical (unpaired) electrons. The summed E-state index contributed by atoms with van der Waals surface area (Å²) in [5.41, 5.74) is 2.60. The predicted octanol–water partition coefficient (Wildman–Crippen LogP) is 4.65. The van der Waals surface area contributed by atoms with Crippen LogP contribution in [-0.2, 0) is 0 Å². The molecule has 2 aromatic carbocycles. The molecule has 1 aliphatic heterocycles. The Morgan fingerprint density at radius 2 is 1.38 bits per heavy atom. The van der Waals surface area contributed by atoms with Gasteiger partial charge in [-0.1, -0.05) is 60.1 Å². The van der Waals surface area contributed by atoms with Gasteiger partial charge in [0.2, 0.25) is 0 Å². The smallest absolute Gasteiger partial charge is 0.128 e. The molecule has 1 saturated heterocycles. The SMILES string of the molecule is Clc1ccc([C@H](c2ccccc2)N2CCN(c3ccccn3)CC2)cc1. The molecule has 0 saturated carbocycles. The molecule has 4 rings (SSSR count). The molecule has 0 aliphatic carbocycles. The van der Waals surface area contributed by atoms with Crippen molar-refractivity contribution in [1.29, 1.82) is 0 Å². The maximum atomic E-state index is 6.11. The van der Waals surface area contributed by atoms with Crippen molar-refractivity contribution in [2.75, 3.05) is 31.1 Å². The number of piperazine rings is 1. The fraction of sp³-hybridized carbons (Fsp3) is 0.227. The van der Waals surface area contributed by atoms with Gasteiger partial charge in [0.25, 0.3) is 0 Å². The maximum Gasteiger partial charge on any atom is 0.128 e. The Bertz CT molecular complexity index is 813. The normalized spacial score (nSPS) is 16.4. The standard InChI is InChI=1S/C22H22ClN3/c23-20-11-9-19(10-12-20)22(18-6-2-1-3-7-18)26-16-14-25(15-17-26)21-8-4-5-13-24-21/h1-13,22H,14-17H2/t22-/m0/s1. The van der Waals surface area contributed by atoms with E-state index in [1.54, 1.807) is 0 Å². The van der Waals surface area contributed by atoms with E-state index in [1.807, 2.05) is 24.4 Å². The summed E-state index contributed by atoms with van der Waals surface area (Å²) in [5, 5.41) is 0.778. The number of benzene rings is 2. The van der Waals surface area contributed by atoms with Crippen molar-refractivity contribution in [3.05, 3.63) is 95.1 Å². The first-order valence-corrected chi connectivity index (χ1v) is 9.39. The molecule has 0 unspecified atom stereocenters. The molecular weight excluding hydrogens is 342 g/mol. The molecule has 1 atom stereocenters. The van der Waals surface area contributed by atoms with Crippen LogP contribution in [0.1, 0.15) is 17.2 Å². The third-order valence-electron chi connectivity index (χ3n) is 4.95. The number of pyridine rings is 1. The van der Waals surface area contributed by atoms with Gasteiger partial charge in [0.1, 0.15) is 5.82 Å². The van der Waals surface area contributed by atoms with Gasteiger partial charge in [0.05, 0.1) is 6.04 Å². The second kappa shape index (κ2) is 7.90. The van der Waals surface area contributed by atoms with Gasteiger partial charge < -0.3 is 4.90 Å². The Morgan fingerprint density at radius 3 is 2.04 bits per heavy atom. The second-order valence-electron chi connectivity index (χ2n) is 6.58. The lowest BCUT2D eigenvalue weighted by Crippen LogP contribution is -2.48. The van der Waals surface area contributed by atoms with E-state index in [1.165, 1.54) is 11.1 Å². The maximum absolute atomic E-state index is 6.11. The summed E-state index contributed by atoms with van der Waals surface area (Å²) in [4.78, 5) is 9.41. The summed E-state index contributed by atoms with van der Waals surface area (Å²) >= 11 is 6.11. The van der Waals surface area contributed by atoms with Crippen LogP contribution in [0.5, 0.6) is 0 Å². The van der Waals surface area contributed by atoms with E-state index >= 15 is 0 Å². The molecule has 26 heavy (non-hydrogen) atoms. The lowest BCUT2D eigenvalue weighted by atomic mass is 9.96. The molecule has 1 fully saturated rings. The van der Waals surface area contributed by atoms with Gasteiger partial charge in [0.15, 0.2) is 0 Å². The first kappa shape index (κ1) is 17.1. The molecule has 0 N–H and O–H groups in total. The molecule has 3 nitrogen and oxygen atoms in total. The van der Waals surface area contributed by atoms with Gasteiger partial charge in [-0.05, 0) is 35.4 Å². The van der Waals surface area contributed by atoms with E-state index in [9.17, 15) is 0 Å². The van der Waals surface area contributed by atoms with E-state index in [2.05, 4.69) is 69.4 Å². The van der Waals surface area contributed by atoms with Crippen molar-refractivity contribution in [1.82, 2.24) is 9.88 Å². The van der Waals surface area contributed by atoms with Crippen LogP contribution in [0.4, 0.5) is 5.82 Å². The van der Waals surface area contributed by atoms with Crippen molar-refractivity contribution in [3.63, 3.8) is 0 Å². The van der Waals surface area contributed by atoms with Gasteiger partial charge in [0, 0.05) is 37.4 Å². The summed E-state index contributed by atoms with van der Waals surface area (Å²) < 4.78 is 0. The first-order valence-electron chi connectivity index (χ1n) is 9.02. The number of hydrogen-bond donors (Lipinski definition) is 0. The van der Waals surface area contributed by atoms with Gasteiger partial charge in [-0.2, -0.15) is 0 Å². The molecule has 3 aromatic rings. The van der Waals surface area contributed by atoms with Crippen molar-refractivity contribution < 1.29 is 0 Å². The zero-order chi connectivity index (χ0) is 17.8. The van der Waals surface area contributed by atoms with Gasteiger partial charge in [-0.15, -0.1) is 0 Å². The summed E-state index contributed by atoms with van der Waals surface area (Å²) in [6, 6.07) is 25.3. The van der Waals surface area contributed by atoms with E-state index in [0.717, 1.165) is 37.0 Å². The lowest BCUT2D eigenvalue weighted by molar-refractivity contribution is 0.212. The Balaban J connectivity index is 1.56. The number of hydrogen-bond acceptors (Lipinski definition) is 3. The highest BCUT2D eigenvalue weighted by Crippen LogP contribution is 2.30. The fourth-order valence-electron chi connectivity index (χ4n) is 3.64. The summed E-state index contributed by atoms with van der Waals surface area (Å²) in [5.74, 6) is 1.06. The second-order valence-corrected chi connectivity index (χ2v) is 7.01. The fourth-order valence-corrected chi connectivity index (χ4v) is 3.77. The summed E-state index contributed by atoms with van der Waals surface area (Å²) in [6.07, 6.45) is 1.86. The van der Waals surface area contributed by atoms with Crippen LogP contribution >= 0.6 is 11.6 Å². The first-order chi connectivity index (χ1) is 12.8. The van der Waals surface area contributed by atoms with Crippen LogP contribution in [0.15, 0.2) is 79.0 Å². The molecule has 0 amide bonds. The van der Waals surface area contributed by atoms with E-state index in [4.69, 9.17) is 11.6 Å². The summed E-state index contributed by atoms with van der Waals surface area (Å²) in [6.45, 7) is 3.96. The van der Waals surface area contributed by atoms with Crippen LogP contribution in [0.25, 0.3) is 0 Å². The van der Waals surface area contributed by atoms with Gasteiger partial charge in [-0.25, -0.2) is 4.98 Å². The van der Waals surface area contributed by atoms with Crippen molar-refractivity contribution in [2.24, 2.45) is 0 Å². The quantitative estimate of drug-likeness (QED) is 0.672. The van der Waals surface area contributed by atoms with Gasteiger partial charge in [-0.3, -0.25) is 4.90 Å². The minimum absolute atomic E-state index is 0.249.